The Bertz CT molecular complexity index is 923. The van der Waals surface area contributed by atoms with E-state index in [1.807, 2.05) is 13.8 Å². The number of nitrogens with zero attached hydrogens (tertiary/aromatic N) is 1. The van der Waals surface area contributed by atoms with E-state index in [0.717, 1.165) is 16.0 Å². The molecule has 0 aromatic heterocycles. The summed E-state index contributed by atoms with van der Waals surface area (Å²) in [4.78, 5) is 25.8. The Labute approximate surface area is 154 Å². The van der Waals surface area contributed by atoms with Crippen LogP contribution in [0.1, 0.15) is 24.5 Å². The number of hydrogen-bond acceptors (Lipinski definition) is 4. The minimum Gasteiger partial charge on any atom is -0.274 e. The molecule has 1 aliphatic heterocycles. The number of carbonyl (C=O) groups is 2. The minimum atomic E-state index is -3.46. The van der Waals surface area contributed by atoms with Crippen molar-refractivity contribution in [3.63, 3.8) is 0 Å². The van der Waals surface area contributed by atoms with Crippen LogP contribution in [0.4, 0.5) is 0 Å². The number of amides is 2. The van der Waals surface area contributed by atoms with Crippen LogP contribution < -0.4 is 0 Å². The van der Waals surface area contributed by atoms with Crippen LogP contribution in [0.5, 0.6) is 0 Å². The van der Waals surface area contributed by atoms with Gasteiger partial charge < -0.3 is 0 Å². The van der Waals surface area contributed by atoms with Crippen molar-refractivity contribution in [2.75, 3.05) is 12.3 Å². The van der Waals surface area contributed by atoms with E-state index >= 15 is 0 Å². The number of carbonyl (C=O) groups excluding carboxylic acids is 2. The highest BCUT2D eigenvalue weighted by atomic mass is 32.2. The lowest BCUT2D eigenvalue weighted by molar-refractivity contribution is -0.136. The van der Waals surface area contributed by atoms with Gasteiger partial charge in [0.1, 0.15) is 0 Å². The Kier molecular flexibility index (Phi) is 5.97. The molecule has 1 aliphatic rings. The number of rotatable bonds is 6. The largest absolute Gasteiger partial charge is 0.274 e. The van der Waals surface area contributed by atoms with Crippen LogP contribution in [0.3, 0.4) is 0 Å². The molecule has 6 heteroatoms. The highest BCUT2D eigenvalue weighted by Crippen LogP contribution is 2.24. The molecule has 1 aromatic rings. The average molecular weight is 373 g/mol. The number of sulfone groups is 1. The van der Waals surface area contributed by atoms with Crippen molar-refractivity contribution in [1.29, 1.82) is 0 Å². The van der Waals surface area contributed by atoms with Crippen LogP contribution in [-0.2, 0) is 19.4 Å². The quantitative estimate of drug-likeness (QED) is 0.568. The van der Waals surface area contributed by atoms with E-state index in [4.69, 9.17) is 0 Å². The second-order valence-electron chi connectivity index (χ2n) is 6.27. The molecule has 0 aliphatic carbocycles. The van der Waals surface area contributed by atoms with Crippen LogP contribution in [0.15, 0.2) is 59.0 Å². The van der Waals surface area contributed by atoms with Crippen molar-refractivity contribution in [2.24, 2.45) is 0 Å². The lowest BCUT2D eigenvalue weighted by atomic mass is 10.1. The van der Waals surface area contributed by atoms with Gasteiger partial charge in [-0.05, 0) is 56.5 Å². The molecule has 0 bridgehead atoms. The Morgan fingerprint density at radius 1 is 1.12 bits per heavy atom. The first-order valence-electron chi connectivity index (χ1n) is 8.37. The smallest absolute Gasteiger partial charge is 0.261 e. The molecular weight excluding hydrogens is 350 g/mol. The van der Waals surface area contributed by atoms with Gasteiger partial charge in [0.2, 0.25) is 0 Å². The van der Waals surface area contributed by atoms with Gasteiger partial charge in [-0.1, -0.05) is 24.8 Å². The molecule has 0 saturated carbocycles. The van der Waals surface area contributed by atoms with Crippen LogP contribution in [0, 0.1) is 13.8 Å². The Balaban J connectivity index is 2.07. The fraction of sp³-hybridized carbons (Fsp3) is 0.300. The number of hydrogen-bond donors (Lipinski definition) is 0. The lowest BCUT2D eigenvalue weighted by Gasteiger charge is -2.13. The maximum absolute atomic E-state index is 12.5. The minimum absolute atomic E-state index is 0.0495. The first-order valence-corrected chi connectivity index (χ1v) is 10.0. The lowest BCUT2D eigenvalue weighted by Crippen LogP contribution is -2.31. The van der Waals surface area contributed by atoms with Crippen LogP contribution in [0.2, 0.25) is 0 Å². The number of aryl methyl sites for hydroxylation is 2. The second kappa shape index (κ2) is 7.83. The predicted molar refractivity (Wildman–Crippen MR) is 101 cm³/mol. The number of allylic oxidation sites excluding steroid dienone is 3. The maximum Gasteiger partial charge on any atom is 0.261 e. The van der Waals surface area contributed by atoms with E-state index in [1.165, 1.54) is 0 Å². The molecule has 2 amide bonds. The molecule has 26 heavy (non-hydrogen) atoms. The SMILES string of the molecule is C=C1C(=O)N(CCCS(=O)(=O)c2ccc(C)c(C)c2)C(=O)/C1=C/C=C\C. The second-order valence-corrected chi connectivity index (χ2v) is 8.37. The van der Waals surface area contributed by atoms with E-state index in [9.17, 15) is 18.0 Å². The summed E-state index contributed by atoms with van der Waals surface area (Å²) in [6, 6.07) is 5.01. The third-order valence-corrected chi connectivity index (χ3v) is 6.19. The van der Waals surface area contributed by atoms with Crippen LogP contribution in [-0.4, -0.2) is 37.4 Å². The van der Waals surface area contributed by atoms with Gasteiger partial charge in [0.05, 0.1) is 16.2 Å². The van der Waals surface area contributed by atoms with Gasteiger partial charge in [0.15, 0.2) is 9.84 Å². The van der Waals surface area contributed by atoms with Gasteiger partial charge in [-0.15, -0.1) is 0 Å². The molecule has 0 unspecified atom stereocenters. The molecule has 0 radical (unpaired) electrons. The Hall–Kier alpha value is -2.47. The van der Waals surface area contributed by atoms with Crippen molar-refractivity contribution in [3.05, 3.63) is 65.3 Å². The third kappa shape index (κ3) is 4.02. The monoisotopic (exact) mass is 373 g/mol. The standard InChI is InChI=1S/C20H23NO4S/c1-5-6-8-18-16(4)19(22)21(20(18)23)11-7-12-26(24,25)17-10-9-14(2)15(3)13-17/h5-6,8-10,13H,4,7,11-12H2,1-3H3/b6-5-,18-8+. The Morgan fingerprint density at radius 3 is 2.42 bits per heavy atom. The van der Waals surface area contributed by atoms with Gasteiger partial charge in [-0.3, -0.25) is 14.5 Å². The first-order chi connectivity index (χ1) is 12.2. The number of imide groups is 1. The first kappa shape index (κ1) is 19.8. The molecule has 0 atom stereocenters. The fourth-order valence-electron chi connectivity index (χ4n) is 2.65. The molecule has 1 aromatic carbocycles. The summed E-state index contributed by atoms with van der Waals surface area (Å²) in [5.74, 6) is -1.02. The van der Waals surface area contributed by atoms with Crippen molar-refractivity contribution in [3.8, 4) is 0 Å². The summed E-state index contributed by atoms with van der Waals surface area (Å²) >= 11 is 0. The summed E-state index contributed by atoms with van der Waals surface area (Å²) in [5.41, 5.74) is 2.33. The van der Waals surface area contributed by atoms with Crippen molar-refractivity contribution >= 4 is 21.7 Å². The summed E-state index contributed by atoms with van der Waals surface area (Å²) in [5, 5.41) is 0. The number of likely N-dealkylation sites (tertiary alicyclic amines) is 1. The summed E-state index contributed by atoms with van der Waals surface area (Å²) in [6.07, 6.45) is 5.14. The summed E-state index contributed by atoms with van der Waals surface area (Å²) in [6.45, 7) is 9.29. The number of benzene rings is 1. The zero-order valence-corrected chi connectivity index (χ0v) is 16.1. The van der Waals surface area contributed by atoms with E-state index in [1.54, 1.807) is 43.4 Å². The maximum atomic E-state index is 12.5. The van der Waals surface area contributed by atoms with E-state index < -0.39 is 21.7 Å². The van der Waals surface area contributed by atoms with Crippen molar-refractivity contribution in [2.45, 2.75) is 32.1 Å². The van der Waals surface area contributed by atoms with Gasteiger partial charge in [0, 0.05) is 12.1 Å². The van der Waals surface area contributed by atoms with Gasteiger partial charge in [0.25, 0.3) is 11.8 Å². The molecule has 138 valence electrons. The highest BCUT2D eigenvalue weighted by Gasteiger charge is 2.36. The predicted octanol–water partition coefficient (Wildman–Crippen LogP) is 2.89. The average Bonchev–Trinajstić information content (AvgIpc) is 2.79. The van der Waals surface area contributed by atoms with Crippen LogP contribution >= 0.6 is 0 Å². The molecular formula is C20H23NO4S. The topological polar surface area (TPSA) is 71.5 Å². The normalized spacial score (nSPS) is 17.1. The molecule has 1 fully saturated rings. The van der Waals surface area contributed by atoms with Gasteiger partial charge in [-0.2, -0.15) is 0 Å². The summed E-state index contributed by atoms with van der Waals surface area (Å²) < 4.78 is 25.0. The molecule has 5 nitrogen and oxygen atoms in total. The molecule has 0 spiro atoms. The summed E-state index contributed by atoms with van der Waals surface area (Å²) in [7, 11) is -3.46. The van der Waals surface area contributed by atoms with Crippen LogP contribution in [0.25, 0.3) is 0 Å². The van der Waals surface area contributed by atoms with E-state index in [2.05, 4.69) is 6.58 Å². The van der Waals surface area contributed by atoms with E-state index in [-0.39, 0.29) is 34.8 Å². The molecule has 1 heterocycles. The fourth-order valence-corrected chi connectivity index (χ4v) is 4.03. The Morgan fingerprint density at radius 2 is 1.81 bits per heavy atom. The zero-order valence-electron chi connectivity index (χ0n) is 15.3. The highest BCUT2D eigenvalue weighted by molar-refractivity contribution is 7.91. The zero-order chi connectivity index (χ0) is 19.5. The van der Waals surface area contributed by atoms with Gasteiger partial charge in [-0.25, -0.2) is 8.42 Å². The molecule has 1 saturated heterocycles. The van der Waals surface area contributed by atoms with E-state index in [0.29, 0.717) is 0 Å². The van der Waals surface area contributed by atoms with Crippen molar-refractivity contribution < 1.29 is 18.0 Å². The molecule has 2 rings (SSSR count). The van der Waals surface area contributed by atoms with Gasteiger partial charge >= 0.3 is 0 Å². The third-order valence-electron chi connectivity index (χ3n) is 4.39. The molecule has 0 N–H and O–H groups in total. The van der Waals surface area contributed by atoms with Crippen molar-refractivity contribution in [1.82, 2.24) is 4.90 Å².